The zero-order valence-corrected chi connectivity index (χ0v) is 8.75. The van der Waals surface area contributed by atoms with Gasteiger partial charge in [-0.1, -0.05) is 12.2 Å². The molecule has 2 rings (SSSR count). The molecule has 0 spiro atoms. The van der Waals surface area contributed by atoms with Gasteiger partial charge in [-0.2, -0.15) is 13.2 Å². The molecule has 0 fully saturated rings. The summed E-state index contributed by atoms with van der Waals surface area (Å²) >= 11 is 0. The van der Waals surface area contributed by atoms with Crippen LogP contribution in [0, 0.1) is 0 Å². The van der Waals surface area contributed by atoms with Crippen LogP contribution in [0.3, 0.4) is 0 Å². The van der Waals surface area contributed by atoms with E-state index >= 15 is 0 Å². The van der Waals surface area contributed by atoms with Gasteiger partial charge in [-0.25, -0.2) is 0 Å². The van der Waals surface area contributed by atoms with E-state index in [1.54, 1.807) is 0 Å². The molecule has 0 unspecified atom stereocenters. The molecule has 0 aromatic heterocycles. The van der Waals surface area contributed by atoms with E-state index in [0.717, 1.165) is 6.07 Å². The number of hydrogen-bond acceptors (Lipinski definition) is 3. The second-order valence-corrected chi connectivity index (χ2v) is 3.40. The number of hydrogen-bond donors (Lipinski definition) is 1. The normalized spacial score (nSPS) is 14.6. The Morgan fingerprint density at radius 1 is 1.29 bits per heavy atom. The number of benzene rings is 1. The Labute approximate surface area is 95.6 Å². The van der Waals surface area contributed by atoms with Gasteiger partial charge in [0.25, 0.3) is 0 Å². The maximum absolute atomic E-state index is 12.8. The van der Waals surface area contributed by atoms with Gasteiger partial charge in [0.15, 0.2) is 11.5 Å². The highest BCUT2D eigenvalue weighted by atomic mass is 19.4. The van der Waals surface area contributed by atoms with Crippen LogP contribution in [0.4, 0.5) is 13.2 Å². The third-order valence-electron chi connectivity index (χ3n) is 2.30. The second kappa shape index (κ2) is 4.29. The fraction of sp³-hybridized carbons (Fsp3) is 0.273. The minimum atomic E-state index is -4.44. The van der Waals surface area contributed by atoms with Crippen LogP contribution >= 0.6 is 0 Å². The van der Waals surface area contributed by atoms with E-state index in [9.17, 15) is 13.2 Å². The summed E-state index contributed by atoms with van der Waals surface area (Å²) in [7, 11) is 0. The first-order valence-electron chi connectivity index (χ1n) is 4.90. The third-order valence-corrected chi connectivity index (χ3v) is 2.30. The minimum Gasteiger partial charge on any atom is -0.454 e. The van der Waals surface area contributed by atoms with Crippen LogP contribution in [-0.4, -0.2) is 13.3 Å². The van der Waals surface area contributed by atoms with E-state index in [4.69, 9.17) is 15.2 Å². The molecular weight excluding hydrogens is 235 g/mol. The standard InChI is InChI=1S/C11H10F3NO2/c12-11(13,14)8-3-4-9-10(17-6-16-9)7(8)2-1-5-15/h1-4H,5-6,15H2/b2-1+. The minimum absolute atomic E-state index is 0.0436. The summed E-state index contributed by atoms with van der Waals surface area (Å²) in [5, 5.41) is 0. The molecule has 1 aromatic rings. The van der Waals surface area contributed by atoms with Crippen molar-refractivity contribution in [2.45, 2.75) is 6.18 Å². The lowest BCUT2D eigenvalue weighted by Crippen LogP contribution is -2.08. The van der Waals surface area contributed by atoms with Crippen LogP contribution in [0.5, 0.6) is 11.5 Å². The molecule has 6 heteroatoms. The van der Waals surface area contributed by atoms with Crippen molar-refractivity contribution >= 4 is 6.08 Å². The molecule has 3 nitrogen and oxygen atoms in total. The molecule has 17 heavy (non-hydrogen) atoms. The zero-order valence-electron chi connectivity index (χ0n) is 8.75. The van der Waals surface area contributed by atoms with Crippen LogP contribution in [0.1, 0.15) is 11.1 Å². The monoisotopic (exact) mass is 245 g/mol. The fourth-order valence-electron chi connectivity index (χ4n) is 1.59. The predicted molar refractivity (Wildman–Crippen MR) is 55.7 cm³/mol. The highest BCUT2D eigenvalue weighted by molar-refractivity contribution is 5.67. The van der Waals surface area contributed by atoms with Crippen LogP contribution in [-0.2, 0) is 6.18 Å². The molecule has 0 bridgehead atoms. The summed E-state index contributed by atoms with van der Waals surface area (Å²) in [5.74, 6) is 0.430. The summed E-state index contributed by atoms with van der Waals surface area (Å²) in [6, 6.07) is 2.23. The Morgan fingerprint density at radius 3 is 2.71 bits per heavy atom. The van der Waals surface area contributed by atoms with Gasteiger partial charge in [0.1, 0.15) is 0 Å². The lowest BCUT2D eigenvalue weighted by Gasteiger charge is -2.12. The number of rotatable bonds is 2. The molecule has 2 N–H and O–H groups in total. The van der Waals surface area contributed by atoms with Crippen molar-refractivity contribution in [3.63, 3.8) is 0 Å². The average molecular weight is 245 g/mol. The fourth-order valence-corrected chi connectivity index (χ4v) is 1.59. The molecule has 0 atom stereocenters. The van der Waals surface area contributed by atoms with Crippen molar-refractivity contribution in [2.75, 3.05) is 13.3 Å². The van der Waals surface area contributed by atoms with Gasteiger partial charge in [0.2, 0.25) is 6.79 Å². The number of nitrogens with two attached hydrogens (primary N) is 1. The summed E-state index contributed by atoms with van der Waals surface area (Å²) in [6.45, 7) is 0.0852. The van der Waals surface area contributed by atoms with Gasteiger partial charge in [0, 0.05) is 12.1 Å². The molecule has 0 saturated carbocycles. The molecule has 1 aliphatic rings. The molecule has 92 valence electrons. The average Bonchev–Trinajstić information content (AvgIpc) is 2.72. The maximum atomic E-state index is 12.8. The van der Waals surface area contributed by atoms with Crippen LogP contribution in [0.25, 0.3) is 6.08 Å². The lowest BCUT2D eigenvalue weighted by atomic mass is 10.0. The van der Waals surface area contributed by atoms with Gasteiger partial charge in [-0.05, 0) is 12.1 Å². The Hall–Kier alpha value is -1.69. The van der Waals surface area contributed by atoms with Gasteiger partial charge in [-0.3, -0.25) is 0 Å². The van der Waals surface area contributed by atoms with Crippen LogP contribution in [0.2, 0.25) is 0 Å². The Bertz CT molecular complexity index is 455. The zero-order chi connectivity index (χ0) is 12.5. The van der Waals surface area contributed by atoms with Crippen molar-refractivity contribution in [1.29, 1.82) is 0 Å². The first kappa shape index (κ1) is 11.8. The molecule has 1 aliphatic heterocycles. The quantitative estimate of drug-likeness (QED) is 0.870. The summed E-state index contributed by atoms with van der Waals surface area (Å²) in [4.78, 5) is 0. The van der Waals surface area contributed by atoms with Gasteiger partial charge in [-0.15, -0.1) is 0 Å². The van der Waals surface area contributed by atoms with E-state index in [1.165, 1.54) is 18.2 Å². The van der Waals surface area contributed by atoms with Gasteiger partial charge >= 0.3 is 6.18 Å². The highest BCUT2D eigenvalue weighted by Crippen LogP contribution is 2.43. The number of fused-ring (bicyclic) bond motifs is 1. The van der Waals surface area contributed by atoms with E-state index in [-0.39, 0.29) is 24.7 Å². The van der Waals surface area contributed by atoms with E-state index in [1.807, 2.05) is 0 Å². The first-order chi connectivity index (χ1) is 8.04. The molecule has 0 radical (unpaired) electrons. The number of ether oxygens (including phenoxy) is 2. The third kappa shape index (κ3) is 2.21. The summed E-state index contributed by atoms with van der Waals surface area (Å²) < 4.78 is 48.4. The van der Waals surface area contributed by atoms with Crippen molar-refractivity contribution in [2.24, 2.45) is 5.73 Å². The second-order valence-electron chi connectivity index (χ2n) is 3.40. The Kier molecular flexibility index (Phi) is 2.97. The molecule has 1 aromatic carbocycles. The topological polar surface area (TPSA) is 44.5 Å². The molecule has 1 heterocycles. The predicted octanol–water partition coefficient (Wildman–Crippen LogP) is 2.41. The Morgan fingerprint density at radius 2 is 2.06 bits per heavy atom. The SMILES string of the molecule is NC/C=C/c1c(C(F)(F)F)ccc2c1OCO2. The first-order valence-corrected chi connectivity index (χ1v) is 4.90. The van der Waals surface area contributed by atoms with Gasteiger partial charge < -0.3 is 15.2 Å². The maximum Gasteiger partial charge on any atom is 0.417 e. The largest absolute Gasteiger partial charge is 0.454 e. The van der Waals surface area contributed by atoms with E-state index < -0.39 is 11.7 Å². The van der Waals surface area contributed by atoms with Crippen molar-refractivity contribution in [3.8, 4) is 11.5 Å². The molecular formula is C11H10F3NO2. The summed E-state index contributed by atoms with van der Waals surface area (Å²) in [5.41, 5.74) is 4.44. The van der Waals surface area contributed by atoms with Crippen LogP contribution in [0.15, 0.2) is 18.2 Å². The summed E-state index contributed by atoms with van der Waals surface area (Å²) in [6.07, 6.45) is -1.70. The van der Waals surface area contributed by atoms with Crippen molar-refractivity contribution in [1.82, 2.24) is 0 Å². The van der Waals surface area contributed by atoms with Gasteiger partial charge in [0.05, 0.1) is 5.56 Å². The Balaban J connectivity index is 2.57. The number of halogens is 3. The molecule has 0 saturated heterocycles. The van der Waals surface area contributed by atoms with E-state index in [0.29, 0.717) is 5.75 Å². The smallest absolute Gasteiger partial charge is 0.417 e. The highest BCUT2D eigenvalue weighted by Gasteiger charge is 2.35. The molecule has 0 aliphatic carbocycles. The van der Waals surface area contributed by atoms with Crippen LogP contribution < -0.4 is 15.2 Å². The van der Waals surface area contributed by atoms with E-state index in [2.05, 4.69) is 0 Å². The molecule has 0 amide bonds. The number of alkyl halides is 3. The lowest BCUT2D eigenvalue weighted by molar-refractivity contribution is -0.137. The van der Waals surface area contributed by atoms with Crippen molar-refractivity contribution < 1.29 is 22.6 Å². The van der Waals surface area contributed by atoms with Crippen molar-refractivity contribution in [3.05, 3.63) is 29.3 Å².